The van der Waals surface area contributed by atoms with Crippen molar-refractivity contribution in [1.29, 1.82) is 0 Å². The molecular formula is C11H22O. The summed E-state index contributed by atoms with van der Waals surface area (Å²) in [5, 5.41) is 9.87. The fourth-order valence-electron chi connectivity index (χ4n) is 2.34. The van der Waals surface area contributed by atoms with E-state index in [0.29, 0.717) is 11.8 Å². The minimum absolute atomic E-state index is 0.0623. The van der Waals surface area contributed by atoms with Crippen LogP contribution in [-0.4, -0.2) is 11.2 Å². The van der Waals surface area contributed by atoms with Crippen LogP contribution in [0.1, 0.15) is 46.5 Å². The Hall–Kier alpha value is -0.0400. The monoisotopic (exact) mass is 170 g/mol. The fraction of sp³-hybridized carbons (Fsp3) is 1.00. The van der Waals surface area contributed by atoms with Gasteiger partial charge in [-0.3, -0.25) is 0 Å². The normalized spacial score (nSPS) is 33.8. The van der Waals surface area contributed by atoms with Gasteiger partial charge in [-0.15, -0.1) is 0 Å². The third-order valence-corrected chi connectivity index (χ3v) is 3.14. The molecule has 0 heterocycles. The highest BCUT2D eigenvalue weighted by atomic mass is 16.3. The van der Waals surface area contributed by atoms with Gasteiger partial charge in [-0.2, -0.15) is 0 Å². The van der Waals surface area contributed by atoms with Crippen molar-refractivity contribution in [2.75, 3.05) is 0 Å². The highest BCUT2D eigenvalue weighted by Gasteiger charge is 2.26. The Morgan fingerprint density at radius 2 is 1.92 bits per heavy atom. The number of aliphatic hydroxyl groups excluding tert-OH is 1. The van der Waals surface area contributed by atoms with E-state index in [1.165, 1.54) is 25.7 Å². The minimum atomic E-state index is -0.0623. The molecule has 3 unspecified atom stereocenters. The standard InChI is InChI=1S/C11H22O/c1-8(2)11(12)10-6-4-5-9(3)7-10/h8-12H,4-7H2,1-3H3. The summed E-state index contributed by atoms with van der Waals surface area (Å²) in [6.45, 7) is 6.53. The molecule has 0 saturated heterocycles. The van der Waals surface area contributed by atoms with Crippen molar-refractivity contribution < 1.29 is 5.11 Å². The highest BCUT2D eigenvalue weighted by molar-refractivity contribution is 4.77. The molecule has 1 fully saturated rings. The van der Waals surface area contributed by atoms with Crippen molar-refractivity contribution in [3.05, 3.63) is 0 Å². The van der Waals surface area contributed by atoms with Crippen LogP contribution in [0.4, 0.5) is 0 Å². The number of aliphatic hydroxyl groups is 1. The van der Waals surface area contributed by atoms with Gasteiger partial charge in [0.05, 0.1) is 6.10 Å². The number of rotatable bonds is 2. The van der Waals surface area contributed by atoms with E-state index in [0.717, 1.165) is 5.92 Å². The largest absolute Gasteiger partial charge is 0.393 e. The maximum absolute atomic E-state index is 9.87. The number of hydrogen-bond acceptors (Lipinski definition) is 1. The summed E-state index contributed by atoms with van der Waals surface area (Å²) in [6, 6.07) is 0. The first-order valence-electron chi connectivity index (χ1n) is 5.29. The summed E-state index contributed by atoms with van der Waals surface area (Å²) < 4.78 is 0. The average molecular weight is 170 g/mol. The molecule has 1 nitrogen and oxygen atoms in total. The topological polar surface area (TPSA) is 20.2 Å². The lowest BCUT2D eigenvalue weighted by atomic mass is 9.77. The molecule has 0 bridgehead atoms. The molecule has 72 valence electrons. The molecule has 3 atom stereocenters. The second-order valence-electron chi connectivity index (χ2n) is 4.77. The van der Waals surface area contributed by atoms with E-state index in [9.17, 15) is 5.11 Å². The Morgan fingerprint density at radius 1 is 1.25 bits per heavy atom. The molecule has 0 aliphatic heterocycles. The molecule has 0 amide bonds. The summed E-state index contributed by atoms with van der Waals surface area (Å²) in [7, 11) is 0. The molecule has 1 saturated carbocycles. The molecule has 0 aromatic carbocycles. The van der Waals surface area contributed by atoms with Gasteiger partial charge in [0.1, 0.15) is 0 Å². The van der Waals surface area contributed by atoms with Crippen molar-refractivity contribution in [1.82, 2.24) is 0 Å². The highest BCUT2D eigenvalue weighted by Crippen LogP contribution is 2.32. The molecule has 0 spiro atoms. The maximum atomic E-state index is 9.87. The van der Waals surface area contributed by atoms with Crippen LogP contribution in [0, 0.1) is 17.8 Å². The second kappa shape index (κ2) is 4.27. The van der Waals surface area contributed by atoms with Crippen molar-refractivity contribution in [2.24, 2.45) is 17.8 Å². The van der Waals surface area contributed by atoms with Crippen LogP contribution >= 0.6 is 0 Å². The van der Waals surface area contributed by atoms with Gasteiger partial charge in [-0.05, 0) is 30.6 Å². The predicted molar refractivity (Wildman–Crippen MR) is 52.0 cm³/mol. The SMILES string of the molecule is CC1CCCC(C(O)C(C)C)C1. The van der Waals surface area contributed by atoms with E-state index in [1.54, 1.807) is 0 Å². The van der Waals surface area contributed by atoms with E-state index < -0.39 is 0 Å². The average Bonchev–Trinajstić information content (AvgIpc) is 2.03. The predicted octanol–water partition coefficient (Wildman–Crippen LogP) is 2.83. The Balaban J connectivity index is 2.40. The fourth-order valence-corrected chi connectivity index (χ4v) is 2.34. The van der Waals surface area contributed by atoms with E-state index in [4.69, 9.17) is 0 Å². The summed E-state index contributed by atoms with van der Waals surface area (Å²) in [5.41, 5.74) is 0. The zero-order chi connectivity index (χ0) is 9.14. The molecule has 0 radical (unpaired) electrons. The van der Waals surface area contributed by atoms with Gasteiger partial charge in [0.15, 0.2) is 0 Å². The maximum Gasteiger partial charge on any atom is 0.0591 e. The van der Waals surface area contributed by atoms with Gasteiger partial charge in [0, 0.05) is 0 Å². The van der Waals surface area contributed by atoms with Gasteiger partial charge >= 0.3 is 0 Å². The van der Waals surface area contributed by atoms with Crippen LogP contribution in [0.15, 0.2) is 0 Å². The summed E-state index contributed by atoms with van der Waals surface area (Å²) >= 11 is 0. The molecule has 1 heteroatoms. The quantitative estimate of drug-likeness (QED) is 0.675. The Labute approximate surface area is 76.2 Å². The zero-order valence-corrected chi connectivity index (χ0v) is 8.59. The van der Waals surface area contributed by atoms with Crippen LogP contribution in [0.5, 0.6) is 0 Å². The van der Waals surface area contributed by atoms with Gasteiger partial charge in [-0.1, -0.05) is 33.6 Å². The molecule has 1 rings (SSSR count). The van der Waals surface area contributed by atoms with E-state index in [-0.39, 0.29) is 6.10 Å². The summed E-state index contributed by atoms with van der Waals surface area (Å²) in [5.74, 6) is 1.84. The van der Waals surface area contributed by atoms with Gasteiger partial charge < -0.3 is 5.11 Å². The summed E-state index contributed by atoms with van der Waals surface area (Å²) in [4.78, 5) is 0. The Kier molecular flexibility index (Phi) is 3.57. The third-order valence-electron chi connectivity index (χ3n) is 3.14. The molecule has 12 heavy (non-hydrogen) atoms. The molecule has 1 N–H and O–H groups in total. The smallest absolute Gasteiger partial charge is 0.0591 e. The van der Waals surface area contributed by atoms with Crippen LogP contribution in [0.25, 0.3) is 0 Å². The lowest BCUT2D eigenvalue weighted by molar-refractivity contribution is 0.0362. The Bertz CT molecular complexity index is 131. The first-order valence-corrected chi connectivity index (χ1v) is 5.29. The van der Waals surface area contributed by atoms with Crippen molar-refractivity contribution in [2.45, 2.75) is 52.6 Å². The Morgan fingerprint density at radius 3 is 2.42 bits per heavy atom. The van der Waals surface area contributed by atoms with E-state index in [2.05, 4.69) is 20.8 Å². The third kappa shape index (κ3) is 2.48. The lowest BCUT2D eigenvalue weighted by Crippen LogP contribution is -2.29. The van der Waals surface area contributed by atoms with Crippen molar-refractivity contribution in [3.63, 3.8) is 0 Å². The van der Waals surface area contributed by atoms with Gasteiger partial charge in [0.25, 0.3) is 0 Å². The second-order valence-corrected chi connectivity index (χ2v) is 4.77. The van der Waals surface area contributed by atoms with Crippen LogP contribution < -0.4 is 0 Å². The first-order chi connectivity index (χ1) is 5.61. The van der Waals surface area contributed by atoms with Crippen LogP contribution in [0.3, 0.4) is 0 Å². The van der Waals surface area contributed by atoms with E-state index in [1.807, 2.05) is 0 Å². The minimum Gasteiger partial charge on any atom is -0.393 e. The van der Waals surface area contributed by atoms with E-state index >= 15 is 0 Å². The van der Waals surface area contributed by atoms with Gasteiger partial charge in [0.2, 0.25) is 0 Å². The first kappa shape index (κ1) is 10.0. The lowest BCUT2D eigenvalue weighted by Gasteiger charge is -2.32. The van der Waals surface area contributed by atoms with Crippen molar-refractivity contribution >= 4 is 0 Å². The molecule has 0 aromatic rings. The molecule has 1 aliphatic rings. The molecule has 0 aromatic heterocycles. The van der Waals surface area contributed by atoms with Crippen LogP contribution in [-0.2, 0) is 0 Å². The number of hydrogen-bond donors (Lipinski definition) is 1. The molecular weight excluding hydrogens is 148 g/mol. The van der Waals surface area contributed by atoms with Crippen molar-refractivity contribution in [3.8, 4) is 0 Å². The molecule has 1 aliphatic carbocycles. The van der Waals surface area contributed by atoms with Gasteiger partial charge in [-0.25, -0.2) is 0 Å². The zero-order valence-electron chi connectivity index (χ0n) is 8.59. The summed E-state index contributed by atoms with van der Waals surface area (Å²) in [6.07, 6.45) is 5.09. The van der Waals surface area contributed by atoms with Crippen LogP contribution in [0.2, 0.25) is 0 Å².